The van der Waals surface area contributed by atoms with Crippen molar-refractivity contribution in [3.05, 3.63) is 241 Å². The Morgan fingerprint density at radius 1 is 0.309 bits per heavy atom. The predicted octanol–water partition coefficient (Wildman–Crippen LogP) is 15.1. The van der Waals surface area contributed by atoms with Crippen molar-refractivity contribution in [2.75, 3.05) is 26.4 Å². The molecule has 11 aromatic rings. The van der Waals surface area contributed by atoms with E-state index in [0.717, 1.165) is 104 Å². The number of ether oxygens (including phenoxy) is 2. The summed E-state index contributed by atoms with van der Waals surface area (Å²) in [7, 11) is 0. The monoisotopic (exact) mass is 882 g/mol. The summed E-state index contributed by atoms with van der Waals surface area (Å²) >= 11 is 0. The molecule has 0 unspecified atom stereocenters. The van der Waals surface area contributed by atoms with Crippen LogP contribution in [-0.4, -0.2) is 36.6 Å². The van der Waals surface area contributed by atoms with Crippen LogP contribution in [0.5, 0.6) is 11.5 Å². The van der Waals surface area contributed by atoms with E-state index in [4.69, 9.17) is 9.47 Å². The summed E-state index contributed by atoms with van der Waals surface area (Å²) in [6.45, 7) is 2.35. The lowest BCUT2D eigenvalue weighted by Gasteiger charge is -2.35. The number of hydrogen-bond acceptors (Lipinski definition) is 4. The molecule has 2 N–H and O–H groups in total. The SMILES string of the molecule is CC(c1ccccc1)(c1cc(-c2ccc3ccccc3c2)c(OCCO)c(-c2ccc3ccccc3c2)c1)c1cc(-c2ccc3ccccc3c2)c(OCCO)c(-c2ccc3ccccc3c2)c1. The van der Waals surface area contributed by atoms with Crippen LogP contribution in [-0.2, 0) is 5.41 Å². The van der Waals surface area contributed by atoms with E-state index in [1.54, 1.807) is 0 Å². The molecule has 11 rings (SSSR count). The maximum absolute atomic E-state index is 10.3. The third-order valence-corrected chi connectivity index (χ3v) is 13.6. The Balaban J connectivity index is 1.25. The van der Waals surface area contributed by atoms with E-state index in [2.05, 4.69) is 231 Å². The molecule has 11 aromatic carbocycles. The van der Waals surface area contributed by atoms with Crippen molar-refractivity contribution in [3.63, 3.8) is 0 Å². The Labute approximate surface area is 397 Å². The summed E-state index contributed by atoms with van der Waals surface area (Å²) in [4.78, 5) is 0. The van der Waals surface area contributed by atoms with Crippen LogP contribution in [0.1, 0.15) is 23.6 Å². The van der Waals surface area contributed by atoms with Gasteiger partial charge in [0.15, 0.2) is 0 Å². The van der Waals surface area contributed by atoms with Gasteiger partial charge in [-0.05, 0) is 137 Å². The molecule has 0 saturated heterocycles. The lowest BCUT2D eigenvalue weighted by Crippen LogP contribution is -2.26. The molecule has 0 aliphatic rings. The zero-order valence-corrected chi connectivity index (χ0v) is 37.9. The molecule has 0 spiro atoms. The minimum Gasteiger partial charge on any atom is -0.490 e. The third kappa shape index (κ3) is 7.94. The minimum absolute atomic E-state index is 0.127. The van der Waals surface area contributed by atoms with Gasteiger partial charge in [0.25, 0.3) is 0 Å². The second kappa shape index (κ2) is 18.3. The predicted molar refractivity (Wildman–Crippen MR) is 282 cm³/mol. The highest BCUT2D eigenvalue weighted by atomic mass is 16.5. The van der Waals surface area contributed by atoms with Crippen molar-refractivity contribution in [1.29, 1.82) is 0 Å². The van der Waals surface area contributed by atoms with E-state index in [1.165, 1.54) is 0 Å². The average molecular weight is 883 g/mol. The highest BCUT2D eigenvalue weighted by Gasteiger charge is 2.35. The molecule has 0 aliphatic heterocycles. The first-order valence-electron chi connectivity index (χ1n) is 23.3. The van der Waals surface area contributed by atoms with E-state index in [0.29, 0.717) is 11.5 Å². The number of hydrogen-bond donors (Lipinski definition) is 2. The maximum Gasteiger partial charge on any atom is 0.135 e. The first-order chi connectivity index (χ1) is 33.5. The Morgan fingerprint density at radius 3 is 0.882 bits per heavy atom. The molecule has 330 valence electrons. The van der Waals surface area contributed by atoms with Gasteiger partial charge in [-0.1, -0.05) is 176 Å². The average Bonchev–Trinajstić information content (AvgIpc) is 3.40. The molecule has 0 aliphatic carbocycles. The number of benzene rings is 11. The van der Waals surface area contributed by atoms with E-state index in [-0.39, 0.29) is 26.4 Å². The van der Waals surface area contributed by atoms with Gasteiger partial charge in [-0.2, -0.15) is 0 Å². The number of aliphatic hydroxyl groups is 2. The second-order valence-electron chi connectivity index (χ2n) is 17.7. The molecule has 0 saturated carbocycles. The fraction of sp³-hybridized carbons (Fsp3) is 0.0938. The summed E-state index contributed by atoms with van der Waals surface area (Å²) in [5.41, 5.74) is 10.2. The fourth-order valence-electron chi connectivity index (χ4n) is 10.00. The van der Waals surface area contributed by atoms with Crippen LogP contribution in [0.3, 0.4) is 0 Å². The molecular weight excluding hydrogens is 833 g/mol. The van der Waals surface area contributed by atoms with Crippen molar-refractivity contribution >= 4 is 43.1 Å². The highest BCUT2D eigenvalue weighted by molar-refractivity contribution is 5.96. The smallest absolute Gasteiger partial charge is 0.135 e. The molecule has 0 bridgehead atoms. The van der Waals surface area contributed by atoms with Gasteiger partial charge < -0.3 is 19.7 Å². The van der Waals surface area contributed by atoms with Crippen LogP contribution in [0.2, 0.25) is 0 Å². The highest BCUT2D eigenvalue weighted by Crippen LogP contribution is 2.51. The summed E-state index contributed by atoms with van der Waals surface area (Å²) in [5.74, 6) is 1.43. The summed E-state index contributed by atoms with van der Waals surface area (Å²) < 4.78 is 13.4. The zero-order valence-electron chi connectivity index (χ0n) is 37.9. The molecule has 0 amide bonds. The third-order valence-electron chi connectivity index (χ3n) is 13.6. The van der Waals surface area contributed by atoms with Crippen molar-refractivity contribution < 1.29 is 19.7 Å². The summed E-state index contributed by atoms with van der Waals surface area (Å²) in [5, 5.41) is 29.7. The van der Waals surface area contributed by atoms with E-state index in [9.17, 15) is 10.2 Å². The van der Waals surface area contributed by atoms with Gasteiger partial charge in [0.1, 0.15) is 24.7 Å². The quantitative estimate of drug-likeness (QED) is 0.113. The number of rotatable bonds is 13. The van der Waals surface area contributed by atoms with Crippen molar-refractivity contribution in [2.45, 2.75) is 12.3 Å². The van der Waals surface area contributed by atoms with Gasteiger partial charge in [0.05, 0.1) is 13.2 Å². The molecular formula is C64H50O4. The molecule has 0 heterocycles. The lowest BCUT2D eigenvalue weighted by molar-refractivity contribution is 0.202. The molecule has 4 nitrogen and oxygen atoms in total. The van der Waals surface area contributed by atoms with Crippen molar-refractivity contribution in [3.8, 4) is 56.0 Å². The first-order valence-corrected chi connectivity index (χ1v) is 23.3. The molecule has 0 atom stereocenters. The van der Waals surface area contributed by atoms with Crippen molar-refractivity contribution in [1.82, 2.24) is 0 Å². The largest absolute Gasteiger partial charge is 0.490 e. The number of aliphatic hydroxyl groups excluding tert-OH is 2. The summed E-state index contributed by atoms with van der Waals surface area (Å²) in [6, 6.07) is 80.1. The van der Waals surface area contributed by atoms with Crippen LogP contribution in [0.4, 0.5) is 0 Å². The van der Waals surface area contributed by atoms with E-state index in [1.807, 2.05) is 0 Å². The Bertz CT molecular complexity index is 3210. The topological polar surface area (TPSA) is 58.9 Å². The molecule has 0 radical (unpaired) electrons. The molecule has 68 heavy (non-hydrogen) atoms. The minimum atomic E-state index is -0.777. The Hall–Kier alpha value is -8.02. The maximum atomic E-state index is 10.3. The van der Waals surface area contributed by atoms with E-state index < -0.39 is 5.41 Å². The van der Waals surface area contributed by atoms with Gasteiger partial charge in [-0.15, -0.1) is 0 Å². The van der Waals surface area contributed by atoms with Gasteiger partial charge in [0.2, 0.25) is 0 Å². The Morgan fingerprint density at radius 2 is 0.588 bits per heavy atom. The summed E-state index contributed by atoms with van der Waals surface area (Å²) in [6.07, 6.45) is 0. The van der Waals surface area contributed by atoms with Gasteiger partial charge in [0, 0.05) is 27.7 Å². The second-order valence-corrected chi connectivity index (χ2v) is 17.7. The fourth-order valence-corrected chi connectivity index (χ4v) is 10.00. The van der Waals surface area contributed by atoms with Crippen LogP contribution in [0.25, 0.3) is 87.6 Å². The number of fused-ring (bicyclic) bond motifs is 4. The lowest BCUT2D eigenvalue weighted by atomic mass is 9.68. The van der Waals surface area contributed by atoms with Crippen LogP contribution >= 0.6 is 0 Å². The van der Waals surface area contributed by atoms with E-state index >= 15 is 0 Å². The normalized spacial score (nSPS) is 11.7. The zero-order chi connectivity index (χ0) is 46.0. The molecule has 0 fully saturated rings. The molecule has 4 heteroatoms. The van der Waals surface area contributed by atoms with Crippen molar-refractivity contribution in [2.24, 2.45) is 0 Å². The first kappa shape index (κ1) is 42.6. The van der Waals surface area contributed by atoms with Gasteiger partial charge in [-0.25, -0.2) is 0 Å². The Kier molecular flexibility index (Phi) is 11.5. The van der Waals surface area contributed by atoms with Crippen LogP contribution in [0.15, 0.2) is 224 Å². The molecule has 0 aromatic heterocycles. The van der Waals surface area contributed by atoms with Gasteiger partial charge >= 0.3 is 0 Å². The van der Waals surface area contributed by atoms with Gasteiger partial charge in [-0.3, -0.25) is 0 Å². The van der Waals surface area contributed by atoms with Crippen LogP contribution < -0.4 is 9.47 Å². The van der Waals surface area contributed by atoms with Crippen LogP contribution in [0, 0.1) is 0 Å². The standard InChI is InChI=1S/C64H50O4/c1-64(55-21-3-2-4-22-55,56-39-58(51-27-23-43-13-5-9-17-47(43)35-51)62(67-33-31-65)59(40-56)52-28-24-44-14-6-10-18-48(44)36-52)57-41-60(53-29-25-45-15-7-11-19-49(45)37-53)63(68-34-32-66)61(42-57)54-30-26-46-16-8-12-20-50(46)38-54/h2-30,35-42,65-66H,31-34H2,1H3.